The summed E-state index contributed by atoms with van der Waals surface area (Å²) in [5.74, 6) is 1.35. The molecule has 0 amide bonds. The molecule has 1 saturated heterocycles. The van der Waals surface area contributed by atoms with Gasteiger partial charge in [0.2, 0.25) is 0 Å². The van der Waals surface area contributed by atoms with Crippen LogP contribution in [0.3, 0.4) is 0 Å². The van der Waals surface area contributed by atoms with Gasteiger partial charge >= 0.3 is 0 Å². The standard InChI is InChI=1S/C14H22N2O2/c1-3-5-16-14(11-4-6-18-10-11)12-7-13(17-2)9-15-8-12/h7-9,11,14,16H,3-6,10H2,1-2H3. The highest BCUT2D eigenvalue weighted by molar-refractivity contribution is 5.26. The molecular weight excluding hydrogens is 228 g/mol. The highest BCUT2D eigenvalue weighted by atomic mass is 16.5. The lowest BCUT2D eigenvalue weighted by Gasteiger charge is -2.24. The van der Waals surface area contributed by atoms with Gasteiger partial charge in [-0.3, -0.25) is 4.98 Å². The number of hydrogen-bond donors (Lipinski definition) is 1. The maximum Gasteiger partial charge on any atom is 0.137 e. The molecule has 18 heavy (non-hydrogen) atoms. The Morgan fingerprint density at radius 1 is 1.56 bits per heavy atom. The van der Waals surface area contributed by atoms with E-state index < -0.39 is 0 Å². The van der Waals surface area contributed by atoms with Gasteiger partial charge in [0.25, 0.3) is 0 Å². The van der Waals surface area contributed by atoms with E-state index in [2.05, 4.69) is 23.3 Å². The molecule has 100 valence electrons. The normalized spacial score (nSPS) is 20.9. The minimum atomic E-state index is 0.315. The summed E-state index contributed by atoms with van der Waals surface area (Å²) >= 11 is 0. The Balaban J connectivity index is 2.14. The molecule has 1 fully saturated rings. The third kappa shape index (κ3) is 3.21. The number of pyridine rings is 1. The molecule has 0 aromatic carbocycles. The number of rotatable bonds is 6. The van der Waals surface area contributed by atoms with Gasteiger partial charge < -0.3 is 14.8 Å². The van der Waals surface area contributed by atoms with Crippen molar-refractivity contribution in [1.29, 1.82) is 0 Å². The first-order chi connectivity index (χ1) is 8.85. The molecule has 2 unspecified atom stereocenters. The Kier molecular flexibility index (Phi) is 4.96. The average Bonchev–Trinajstić information content (AvgIpc) is 2.93. The van der Waals surface area contributed by atoms with Crippen LogP contribution >= 0.6 is 0 Å². The molecule has 4 nitrogen and oxygen atoms in total. The van der Waals surface area contributed by atoms with Crippen LogP contribution in [0.1, 0.15) is 31.4 Å². The molecule has 0 saturated carbocycles. The lowest BCUT2D eigenvalue weighted by atomic mass is 9.93. The molecule has 4 heteroatoms. The number of nitrogens with one attached hydrogen (secondary N) is 1. The van der Waals surface area contributed by atoms with E-state index in [-0.39, 0.29) is 0 Å². The van der Waals surface area contributed by atoms with Gasteiger partial charge in [0.15, 0.2) is 0 Å². The zero-order valence-corrected chi connectivity index (χ0v) is 11.2. The van der Waals surface area contributed by atoms with E-state index in [9.17, 15) is 0 Å². The topological polar surface area (TPSA) is 43.4 Å². The van der Waals surface area contributed by atoms with Crippen LogP contribution in [-0.4, -0.2) is 31.9 Å². The van der Waals surface area contributed by atoms with Crippen LogP contribution in [-0.2, 0) is 4.74 Å². The minimum absolute atomic E-state index is 0.315. The van der Waals surface area contributed by atoms with Crippen LogP contribution < -0.4 is 10.1 Å². The van der Waals surface area contributed by atoms with Crippen molar-refractivity contribution in [2.75, 3.05) is 26.9 Å². The van der Waals surface area contributed by atoms with Gasteiger partial charge in [0, 0.05) is 24.8 Å². The predicted octanol–water partition coefficient (Wildman–Crippen LogP) is 2.17. The van der Waals surface area contributed by atoms with Gasteiger partial charge in [-0.1, -0.05) is 6.92 Å². The van der Waals surface area contributed by atoms with E-state index >= 15 is 0 Å². The minimum Gasteiger partial charge on any atom is -0.495 e. The zero-order valence-electron chi connectivity index (χ0n) is 11.2. The van der Waals surface area contributed by atoms with Crippen molar-refractivity contribution in [3.05, 3.63) is 24.0 Å². The summed E-state index contributed by atoms with van der Waals surface area (Å²) in [6.07, 6.45) is 5.90. The summed E-state index contributed by atoms with van der Waals surface area (Å²) in [4.78, 5) is 4.25. The van der Waals surface area contributed by atoms with E-state index in [0.29, 0.717) is 12.0 Å². The molecule has 0 aliphatic carbocycles. The summed E-state index contributed by atoms with van der Waals surface area (Å²) in [6.45, 7) is 4.89. The molecule has 1 aliphatic rings. The van der Waals surface area contributed by atoms with Gasteiger partial charge in [-0.15, -0.1) is 0 Å². The zero-order chi connectivity index (χ0) is 12.8. The second-order valence-electron chi connectivity index (χ2n) is 4.71. The summed E-state index contributed by atoms with van der Waals surface area (Å²) in [7, 11) is 1.67. The largest absolute Gasteiger partial charge is 0.495 e. The molecule has 1 aromatic rings. The number of nitrogens with zero attached hydrogens (tertiary/aromatic N) is 1. The van der Waals surface area contributed by atoms with Crippen LogP contribution in [0, 0.1) is 5.92 Å². The van der Waals surface area contributed by atoms with E-state index in [0.717, 1.165) is 38.3 Å². The molecule has 0 radical (unpaired) electrons. The molecule has 2 heterocycles. The number of methoxy groups -OCH3 is 1. The van der Waals surface area contributed by atoms with E-state index in [4.69, 9.17) is 9.47 Å². The lowest BCUT2D eigenvalue weighted by molar-refractivity contribution is 0.176. The van der Waals surface area contributed by atoms with Crippen molar-refractivity contribution in [2.24, 2.45) is 5.92 Å². The van der Waals surface area contributed by atoms with Crippen LogP contribution in [0.5, 0.6) is 5.75 Å². The van der Waals surface area contributed by atoms with Crippen molar-refractivity contribution in [3.63, 3.8) is 0 Å². The van der Waals surface area contributed by atoms with Crippen molar-refractivity contribution in [3.8, 4) is 5.75 Å². The number of hydrogen-bond acceptors (Lipinski definition) is 4. The predicted molar refractivity (Wildman–Crippen MR) is 70.7 cm³/mol. The Labute approximate surface area is 109 Å². The smallest absolute Gasteiger partial charge is 0.137 e. The van der Waals surface area contributed by atoms with Crippen LogP contribution in [0.2, 0.25) is 0 Å². The third-order valence-electron chi connectivity index (χ3n) is 3.38. The maximum absolute atomic E-state index is 5.50. The van der Waals surface area contributed by atoms with Gasteiger partial charge in [0.1, 0.15) is 5.75 Å². The van der Waals surface area contributed by atoms with Crippen molar-refractivity contribution < 1.29 is 9.47 Å². The second kappa shape index (κ2) is 6.71. The molecule has 0 spiro atoms. The van der Waals surface area contributed by atoms with Crippen molar-refractivity contribution in [2.45, 2.75) is 25.8 Å². The molecule has 1 N–H and O–H groups in total. The molecule has 1 aromatic heterocycles. The Hall–Kier alpha value is -1.13. The average molecular weight is 250 g/mol. The molecular formula is C14H22N2O2. The monoisotopic (exact) mass is 250 g/mol. The Morgan fingerprint density at radius 3 is 3.11 bits per heavy atom. The summed E-state index contributed by atoms with van der Waals surface area (Å²) in [6, 6.07) is 2.38. The molecule has 1 aliphatic heterocycles. The van der Waals surface area contributed by atoms with Gasteiger partial charge in [-0.05, 0) is 31.0 Å². The maximum atomic E-state index is 5.50. The molecule has 2 rings (SSSR count). The van der Waals surface area contributed by atoms with E-state index in [1.807, 2.05) is 6.20 Å². The first kappa shape index (κ1) is 13.3. The van der Waals surface area contributed by atoms with E-state index in [1.165, 1.54) is 5.56 Å². The van der Waals surface area contributed by atoms with Gasteiger partial charge in [0.05, 0.1) is 19.9 Å². The molecule has 2 atom stereocenters. The highest BCUT2D eigenvalue weighted by Gasteiger charge is 2.27. The fraction of sp³-hybridized carbons (Fsp3) is 0.643. The summed E-state index contributed by atoms with van der Waals surface area (Å²) in [5.41, 5.74) is 1.19. The lowest BCUT2D eigenvalue weighted by Crippen LogP contribution is -2.29. The second-order valence-corrected chi connectivity index (χ2v) is 4.71. The summed E-state index contributed by atoms with van der Waals surface area (Å²) < 4.78 is 10.8. The van der Waals surface area contributed by atoms with Gasteiger partial charge in [-0.25, -0.2) is 0 Å². The molecule has 0 bridgehead atoms. The SMILES string of the molecule is CCCNC(c1cncc(OC)c1)C1CCOC1. The van der Waals surface area contributed by atoms with Crippen LogP contribution in [0.15, 0.2) is 18.5 Å². The Morgan fingerprint density at radius 2 is 2.44 bits per heavy atom. The van der Waals surface area contributed by atoms with Gasteiger partial charge in [-0.2, -0.15) is 0 Å². The highest BCUT2D eigenvalue weighted by Crippen LogP contribution is 2.29. The van der Waals surface area contributed by atoms with E-state index in [1.54, 1.807) is 13.3 Å². The fourth-order valence-electron chi connectivity index (χ4n) is 2.39. The number of ether oxygens (including phenoxy) is 2. The summed E-state index contributed by atoms with van der Waals surface area (Å²) in [5, 5.41) is 3.60. The first-order valence-electron chi connectivity index (χ1n) is 6.65. The third-order valence-corrected chi connectivity index (χ3v) is 3.38. The quantitative estimate of drug-likeness (QED) is 0.840. The van der Waals surface area contributed by atoms with Crippen molar-refractivity contribution >= 4 is 0 Å². The van der Waals surface area contributed by atoms with Crippen LogP contribution in [0.25, 0.3) is 0 Å². The van der Waals surface area contributed by atoms with Crippen LogP contribution in [0.4, 0.5) is 0 Å². The fourth-order valence-corrected chi connectivity index (χ4v) is 2.39. The van der Waals surface area contributed by atoms with Crippen molar-refractivity contribution in [1.82, 2.24) is 10.3 Å². The Bertz CT molecular complexity index is 365. The first-order valence-corrected chi connectivity index (χ1v) is 6.65. The number of aromatic nitrogens is 1.